The highest BCUT2D eigenvalue weighted by Gasteiger charge is 2.45. The van der Waals surface area contributed by atoms with Crippen LogP contribution in [-0.2, 0) is 6.54 Å². The highest BCUT2D eigenvalue weighted by atomic mass is 16.2. The first kappa shape index (κ1) is 12.5. The summed E-state index contributed by atoms with van der Waals surface area (Å²) < 4.78 is 0. The summed E-state index contributed by atoms with van der Waals surface area (Å²) in [6.07, 6.45) is 2.56. The zero-order valence-electron chi connectivity index (χ0n) is 11.6. The summed E-state index contributed by atoms with van der Waals surface area (Å²) >= 11 is 0. The third-order valence-corrected chi connectivity index (χ3v) is 4.48. The first-order valence-electron chi connectivity index (χ1n) is 7.26. The number of hydrogen-bond acceptors (Lipinski definition) is 4. The van der Waals surface area contributed by atoms with E-state index in [0.717, 1.165) is 26.1 Å². The van der Waals surface area contributed by atoms with E-state index in [0.29, 0.717) is 17.8 Å². The molecular weight excluding hydrogens is 266 g/mol. The standard InChI is InChI=1S/C15H17N5O/c21-15(14-7-16-18-17-14)20-10-12-6-13(20)9-19(12)8-11-4-2-1-3-5-11/h1-5,7,12-13H,6,8-10H2,(H,16,17,18)/t12-,13-/m0/s1. The number of fused-ring (bicyclic) bond motifs is 2. The van der Waals surface area contributed by atoms with E-state index in [2.05, 4.69) is 44.6 Å². The molecule has 1 amide bonds. The first-order chi connectivity index (χ1) is 10.3. The maximum atomic E-state index is 12.3. The summed E-state index contributed by atoms with van der Waals surface area (Å²) in [4.78, 5) is 16.8. The third-order valence-electron chi connectivity index (χ3n) is 4.48. The van der Waals surface area contributed by atoms with Crippen molar-refractivity contribution in [3.8, 4) is 0 Å². The van der Waals surface area contributed by atoms with Gasteiger partial charge in [0.1, 0.15) is 0 Å². The lowest BCUT2D eigenvalue weighted by Crippen LogP contribution is -2.48. The summed E-state index contributed by atoms with van der Waals surface area (Å²) in [5.74, 6) is -0.00406. The van der Waals surface area contributed by atoms with Crippen molar-refractivity contribution in [1.82, 2.24) is 25.2 Å². The maximum Gasteiger partial charge on any atom is 0.276 e. The Kier molecular flexibility index (Phi) is 2.96. The van der Waals surface area contributed by atoms with Gasteiger partial charge in [-0.05, 0) is 12.0 Å². The topological polar surface area (TPSA) is 65.1 Å². The highest BCUT2D eigenvalue weighted by molar-refractivity contribution is 5.92. The van der Waals surface area contributed by atoms with E-state index in [1.165, 1.54) is 11.8 Å². The van der Waals surface area contributed by atoms with Crippen LogP contribution in [0.2, 0.25) is 0 Å². The quantitative estimate of drug-likeness (QED) is 0.909. The number of hydrogen-bond donors (Lipinski definition) is 1. The normalized spacial score (nSPS) is 24.7. The molecule has 0 saturated carbocycles. The van der Waals surface area contributed by atoms with Gasteiger partial charge in [-0.3, -0.25) is 9.69 Å². The van der Waals surface area contributed by atoms with Crippen molar-refractivity contribution in [2.45, 2.75) is 25.0 Å². The Morgan fingerprint density at radius 1 is 1.24 bits per heavy atom. The van der Waals surface area contributed by atoms with Gasteiger partial charge in [0.2, 0.25) is 0 Å². The van der Waals surface area contributed by atoms with Crippen molar-refractivity contribution in [3.05, 3.63) is 47.8 Å². The number of aromatic amines is 1. The fourth-order valence-electron chi connectivity index (χ4n) is 3.46. The molecule has 2 bridgehead atoms. The van der Waals surface area contributed by atoms with E-state index >= 15 is 0 Å². The number of amides is 1. The number of rotatable bonds is 3. The van der Waals surface area contributed by atoms with Crippen LogP contribution >= 0.6 is 0 Å². The van der Waals surface area contributed by atoms with Gasteiger partial charge in [0.05, 0.1) is 6.20 Å². The lowest BCUT2D eigenvalue weighted by atomic mass is 10.2. The molecule has 1 aromatic carbocycles. The van der Waals surface area contributed by atoms with Crippen molar-refractivity contribution in [3.63, 3.8) is 0 Å². The van der Waals surface area contributed by atoms with Crippen LogP contribution in [-0.4, -0.2) is 56.3 Å². The molecule has 2 aliphatic heterocycles. The average molecular weight is 283 g/mol. The highest BCUT2D eigenvalue weighted by Crippen LogP contribution is 2.32. The van der Waals surface area contributed by atoms with Gasteiger partial charge in [0.25, 0.3) is 5.91 Å². The molecule has 0 spiro atoms. The van der Waals surface area contributed by atoms with E-state index in [4.69, 9.17) is 0 Å². The molecule has 2 aromatic rings. The molecule has 1 N–H and O–H groups in total. The van der Waals surface area contributed by atoms with E-state index in [1.54, 1.807) is 0 Å². The third kappa shape index (κ3) is 2.21. The number of aromatic nitrogens is 3. The summed E-state index contributed by atoms with van der Waals surface area (Å²) in [6.45, 7) is 2.71. The molecule has 21 heavy (non-hydrogen) atoms. The molecule has 2 atom stereocenters. The largest absolute Gasteiger partial charge is 0.331 e. The molecule has 0 unspecified atom stereocenters. The van der Waals surface area contributed by atoms with Gasteiger partial charge < -0.3 is 4.90 Å². The van der Waals surface area contributed by atoms with Gasteiger partial charge in [0.15, 0.2) is 5.69 Å². The lowest BCUT2D eigenvalue weighted by molar-refractivity contribution is 0.0610. The Morgan fingerprint density at radius 2 is 2.10 bits per heavy atom. The Balaban J connectivity index is 1.43. The zero-order chi connectivity index (χ0) is 14.2. The zero-order valence-corrected chi connectivity index (χ0v) is 11.6. The van der Waals surface area contributed by atoms with E-state index in [1.807, 2.05) is 11.0 Å². The summed E-state index contributed by atoms with van der Waals surface area (Å²) in [7, 11) is 0. The van der Waals surface area contributed by atoms with Crippen molar-refractivity contribution >= 4 is 5.91 Å². The van der Waals surface area contributed by atoms with Gasteiger partial charge in [-0.15, -0.1) is 0 Å². The minimum absolute atomic E-state index is 0.00406. The second-order valence-electron chi connectivity index (χ2n) is 5.77. The molecule has 0 aliphatic carbocycles. The fraction of sp³-hybridized carbons (Fsp3) is 0.400. The summed E-state index contributed by atoms with van der Waals surface area (Å²) in [5.41, 5.74) is 1.75. The molecule has 4 rings (SSSR count). The van der Waals surface area contributed by atoms with Crippen molar-refractivity contribution in [2.24, 2.45) is 0 Å². The average Bonchev–Trinajstić information content (AvgIpc) is 3.24. The van der Waals surface area contributed by atoms with Crippen LogP contribution in [0.1, 0.15) is 22.5 Å². The Labute approximate surface area is 122 Å². The SMILES string of the molecule is O=C(c1cn[nH]n1)N1C[C@@H]2C[C@H]1CN2Cc1ccccc1. The molecule has 0 radical (unpaired) electrons. The minimum Gasteiger partial charge on any atom is -0.331 e. The second kappa shape index (κ2) is 4.96. The number of likely N-dealkylation sites (tertiary alicyclic amines) is 2. The molecule has 1 aromatic heterocycles. The van der Waals surface area contributed by atoms with Crippen LogP contribution in [0.3, 0.4) is 0 Å². The van der Waals surface area contributed by atoms with Gasteiger partial charge >= 0.3 is 0 Å². The molecule has 3 heterocycles. The molecule has 6 nitrogen and oxygen atoms in total. The van der Waals surface area contributed by atoms with Crippen molar-refractivity contribution in [2.75, 3.05) is 13.1 Å². The molecule has 6 heteroatoms. The predicted molar refractivity (Wildman–Crippen MR) is 76.5 cm³/mol. The van der Waals surface area contributed by atoms with Crippen LogP contribution < -0.4 is 0 Å². The number of benzene rings is 1. The molecule has 2 fully saturated rings. The fourth-order valence-corrected chi connectivity index (χ4v) is 3.46. The Hall–Kier alpha value is -2.21. The second-order valence-corrected chi connectivity index (χ2v) is 5.77. The molecule has 2 saturated heterocycles. The number of carbonyl (C=O) groups is 1. The van der Waals surface area contributed by atoms with Crippen LogP contribution in [0, 0.1) is 0 Å². The van der Waals surface area contributed by atoms with Crippen LogP contribution in [0.25, 0.3) is 0 Å². The first-order valence-corrected chi connectivity index (χ1v) is 7.26. The number of piperazine rings is 1. The number of nitrogens with zero attached hydrogens (tertiary/aromatic N) is 4. The van der Waals surface area contributed by atoms with E-state index in [9.17, 15) is 4.79 Å². The Bertz CT molecular complexity index is 627. The van der Waals surface area contributed by atoms with E-state index in [-0.39, 0.29) is 5.91 Å². The molecule has 2 aliphatic rings. The van der Waals surface area contributed by atoms with Crippen LogP contribution in [0.4, 0.5) is 0 Å². The van der Waals surface area contributed by atoms with Crippen molar-refractivity contribution in [1.29, 1.82) is 0 Å². The summed E-state index contributed by atoms with van der Waals surface area (Å²) in [6, 6.07) is 11.3. The number of H-pyrrole nitrogens is 1. The van der Waals surface area contributed by atoms with Crippen molar-refractivity contribution < 1.29 is 4.79 Å². The predicted octanol–water partition coefficient (Wildman–Crippen LogP) is 0.904. The Morgan fingerprint density at radius 3 is 2.76 bits per heavy atom. The molecular formula is C15H17N5O. The van der Waals surface area contributed by atoms with E-state index < -0.39 is 0 Å². The smallest absolute Gasteiger partial charge is 0.276 e. The van der Waals surface area contributed by atoms with Gasteiger partial charge in [-0.25, -0.2) is 0 Å². The van der Waals surface area contributed by atoms with Crippen LogP contribution in [0.15, 0.2) is 36.5 Å². The number of nitrogens with one attached hydrogen (secondary N) is 1. The minimum atomic E-state index is -0.00406. The van der Waals surface area contributed by atoms with Crippen LogP contribution in [0.5, 0.6) is 0 Å². The van der Waals surface area contributed by atoms with Gasteiger partial charge in [-0.2, -0.15) is 15.4 Å². The lowest BCUT2D eigenvalue weighted by Gasteiger charge is -2.33. The summed E-state index contributed by atoms with van der Waals surface area (Å²) in [5, 5.41) is 10.1. The monoisotopic (exact) mass is 283 g/mol. The maximum absolute atomic E-state index is 12.3. The number of carbonyl (C=O) groups excluding carboxylic acids is 1. The van der Waals surface area contributed by atoms with Gasteiger partial charge in [-0.1, -0.05) is 30.3 Å². The molecule has 108 valence electrons. The van der Waals surface area contributed by atoms with Gasteiger partial charge in [0, 0.05) is 31.7 Å².